The minimum absolute atomic E-state index is 0.0924. The summed E-state index contributed by atoms with van der Waals surface area (Å²) in [5.74, 6) is -0.0961. The second-order valence-corrected chi connectivity index (χ2v) is 5.37. The molecular weight excluding hydrogens is 358 g/mol. The third-order valence-electron chi connectivity index (χ3n) is 2.68. The zero-order chi connectivity index (χ0) is 13.8. The lowest BCUT2D eigenvalue weighted by Gasteiger charge is -2.08. The average molecular weight is 370 g/mol. The highest BCUT2D eigenvalue weighted by molar-refractivity contribution is 14.1. The van der Waals surface area contributed by atoms with Gasteiger partial charge in [0, 0.05) is 15.2 Å². The maximum absolute atomic E-state index is 13.1. The molecule has 0 N–H and O–H groups in total. The van der Waals surface area contributed by atoms with E-state index in [9.17, 15) is 9.18 Å². The summed E-state index contributed by atoms with van der Waals surface area (Å²) < 4.78 is 19.5. The van der Waals surface area contributed by atoms with Crippen molar-refractivity contribution in [1.29, 1.82) is 0 Å². The van der Waals surface area contributed by atoms with E-state index in [2.05, 4.69) is 22.6 Å². The van der Waals surface area contributed by atoms with Crippen molar-refractivity contribution < 1.29 is 13.9 Å². The summed E-state index contributed by atoms with van der Waals surface area (Å²) >= 11 is 2.17. The smallest absolute Gasteiger partial charge is 0.200 e. The highest BCUT2D eigenvalue weighted by Gasteiger charge is 2.08. The van der Waals surface area contributed by atoms with Crippen LogP contribution < -0.4 is 4.74 Å². The Kier molecular flexibility index (Phi) is 4.52. The van der Waals surface area contributed by atoms with Crippen LogP contribution in [-0.4, -0.2) is 12.4 Å². The first-order valence-corrected chi connectivity index (χ1v) is 6.82. The molecule has 2 rings (SSSR count). The summed E-state index contributed by atoms with van der Waals surface area (Å²) in [4.78, 5) is 11.9. The van der Waals surface area contributed by atoms with Crippen LogP contribution >= 0.6 is 22.6 Å². The Balaban J connectivity index is 2.04. The summed E-state index contributed by atoms with van der Waals surface area (Å²) in [5.41, 5.74) is 1.39. The first-order valence-electron chi connectivity index (χ1n) is 5.74. The zero-order valence-corrected chi connectivity index (χ0v) is 12.5. The van der Waals surface area contributed by atoms with E-state index in [0.717, 1.165) is 9.13 Å². The summed E-state index contributed by atoms with van der Waals surface area (Å²) in [6.45, 7) is 1.72. The van der Waals surface area contributed by atoms with Gasteiger partial charge >= 0.3 is 0 Å². The molecule has 0 aliphatic rings. The SMILES string of the molecule is Cc1ccc(F)cc1OCC(=O)c1ccc(I)cc1. The van der Waals surface area contributed by atoms with E-state index in [1.807, 2.05) is 19.1 Å². The van der Waals surface area contributed by atoms with Gasteiger partial charge in [-0.1, -0.05) is 18.2 Å². The van der Waals surface area contributed by atoms with Crippen LogP contribution in [0.4, 0.5) is 4.39 Å². The average Bonchev–Trinajstić information content (AvgIpc) is 2.40. The van der Waals surface area contributed by atoms with Gasteiger partial charge < -0.3 is 4.74 Å². The summed E-state index contributed by atoms with van der Waals surface area (Å²) in [6, 6.07) is 11.5. The number of aryl methyl sites for hydroxylation is 1. The summed E-state index contributed by atoms with van der Waals surface area (Å²) in [6.07, 6.45) is 0. The normalized spacial score (nSPS) is 10.3. The molecule has 0 atom stereocenters. The number of halogens is 2. The standard InChI is InChI=1S/C15H12FIO2/c1-10-2-5-12(16)8-15(10)19-9-14(18)11-3-6-13(17)7-4-11/h2-8H,9H2,1H3. The molecule has 0 aromatic heterocycles. The highest BCUT2D eigenvalue weighted by atomic mass is 127. The van der Waals surface area contributed by atoms with Crippen molar-refractivity contribution in [2.75, 3.05) is 6.61 Å². The van der Waals surface area contributed by atoms with Crippen molar-refractivity contribution in [2.24, 2.45) is 0 Å². The van der Waals surface area contributed by atoms with Crippen LogP contribution in [0.1, 0.15) is 15.9 Å². The maximum atomic E-state index is 13.1. The van der Waals surface area contributed by atoms with Crippen LogP contribution in [0.3, 0.4) is 0 Å². The molecule has 0 saturated carbocycles. The summed E-state index contributed by atoms with van der Waals surface area (Å²) in [5, 5.41) is 0. The number of Topliss-reactive ketones (excluding diaryl/α,β-unsaturated/α-hetero) is 1. The van der Waals surface area contributed by atoms with Gasteiger partial charge in [0.1, 0.15) is 11.6 Å². The number of ether oxygens (including phenoxy) is 1. The van der Waals surface area contributed by atoms with Gasteiger partial charge in [-0.3, -0.25) is 4.79 Å². The van der Waals surface area contributed by atoms with Crippen LogP contribution in [-0.2, 0) is 0 Å². The molecule has 0 heterocycles. The minimum atomic E-state index is -0.373. The first kappa shape index (κ1) is 14.0. The molecule has 0 bridgehead atoms. The second kappa shape index (κ2) is 6.14. The van der Waals surface area contributed by atoms with E-state index in [1.54, 1.807) is 18.2 Å². The fourth-order valence-electron chi connectivity index (χ4n) is 1.59. The zero-order valence-electron chi connectivity index (χ0n) is 10.3. The number of ketones is 1. The summed E-state index contributed by atoms with van der Waals surface area (Å²) in [7, 11) is 0. The Hall–Kier alpha value is -1.43. The lowest BCUT2D eigenvalue weighted by atomic mass is 10.1. The van der Waals surface area contributed by atoms with Gasteiger partial charge in [-0.25, -0.2) is 4.39 Å². The van der Waals surface area contributed by atoms with E-state index in [-0.39, 0.29) is 18.2 Å². The van der Waals surface area contributed by atoms with Crippen molar-refractivity contribution in [1.82, 2.24) is 0 Å². The predicted molar refractivity (Wildman–Crippen MR) is 80.1 cm³/mol. The number of benzene rings is 2. The molecule has 0 aliphatic carbocycles. The van der Waals surface area contributed by atoms with Crippen LogP contribution in [0.15, 0.2) is 42.5 Å². The van der Waals surface area contributed by atoms with Gasteiger partial charge in [-0.2, -0.15) is 0 Å². The molecule has 0 spiro atoms. The fraction of sp³-hybridized carbons (Fsp3) is 0.133. The molecular formula is C15H12FIO2. The van der Waals surface area contributed by atoms with Crippen LogP contribution in [0, 0.1) is 16.3 Å². The van der Waals surface area contributed by atoms with Crippen molar-refractivity contribution >= 4 is 28.4 Å². The van der Waals surface area contributed by atoms with E-state index >= 15 is 0 Å². The topological polar surface area (TPSA) is 26.3 Å². The molecule has 4 heteroatoms. The molecule has 0 amide bonds. The van der Waals surface area contributed by atoms with E-state index in [1.165, 1.54) is 12.1 Å². The molecule has 0 radical (unpaired) electrons. The van der Waals surface area contributed by atoms with Gasteiger partial charge in [-0.05, 0) is 53.3 Å². The molecule has 98 valence electrons. The Morgan fingerprint density at radius 2 is 1.89 bits per heavy atom. The van der Waals surface area contributed by atoms with Crippen molar-refractivity contribution in [3.05, 3.63) is 63.0 Å². The molecule has 0 unspecified atom stereocenters. The molecule has 0 aliphatic heterocycles. The maximum Gasteiger partial charge on any atom is 0.200 e. The Morgan fingerprint density at radius 1 is 1.21 bits per heavy atom. The monoisotopic (exact) mass is 370 g/mol. The van der Waals surface area contributed by atoms with Crippen LogP contribution in [0.5, 0.6) is 5.75 Å². The Bertz CT molecular complexity index is 594. The molecule has 19 heavy (non-hydrogen) atoms. The van der Waals surface area contributed by atoms with Crippen LogP contribution in [0.2, 0.25) is 0 Å². The lowest BCUT2D eigenvalue weighted by Crippen LogP contribution is -2.12. The Morgan fingerprint density at radius 3 is 2.58 bits per heavy atom. The van der Waals surface area contributed by atoms with Crippen molar-refractivity contribution in [2.45, 2.75) is 6.92 Å². The van der Waals surface area contributed by atoms with Crippen molar-refractivity contribution in [3.8, 4) is 5.75 Å². The largest absolute Gasteiger partial charge is 0.485 e. The lowest BCUT2D eigenvalue weighted by molar-refractivity contribution is 0.0921. The van der Waals surface area contributed by atoms with E-state index in [0.29, 0.717) is 11.3 Å². The first-order chi connectivity index (χ1) is 9.06. The molecule has 2 nitrogen and oxygen atoms in total. The number of carbonyl (C=O) groups is 1. The number of hydrogen-bond donors (Lipinski definition) is 0. The third-order valence-corrected chi connectivity index (χ3v) is 3.39. The van der Waals surface area contributed by atoms with Crippen LogP contribution in [0.25, 0.3) is 0 Å². The van der Waals surface area contributed by atoms with Gasteiger partial charge in [0.05, 0.1) is 0 Å². The predicted octanol–water partition coefficient (Wildman–Crippen LogP) is 4.00. The minimum Gasteiger partial charge on any atom is -0.485 e. The Labute approximate surface area is 124 Å². The number of rotatable bonds is 4. The molecule has 0 fully saturated rings. The number of hydrogen-bond acceptors (Lipinski definition) is 2. The molecule has 2 aromatic rings. The van der Waals surface area contributed by atoms with Gasteiger partial charge in [0.2, 0.25) is 0 Å². The number of carbonyl (C=O) groups excluding carboxylic acids is 1. The fourth-order valence-corrected chi connectivity index (χ4v) is 1.95. The van der Waals surface area contributed by atoms with Gasteiger partial charge in [-0.15, -0.1) is 0 Å². The van der Waals surface area contributed by atoms with E-state index < -0.39 is 0 Å². The second-order valence-electron chi connectivity index (χ2n) is 4.13. The third kappa shape index (κ3) is 3.76. The molecule has 0 saturated heterocycles. The highest BCUT2D eigenvalue weighted by Crippen LogP contribution is 2.19. The van der Waals surface area contributed by atoms with E-state index in [4.69, 9.17) is 4.74 Å². The molecule has 2 aromatic carbocycles. The van der Waals surface area contributed by atoms with Crippen molar-refractivity contribution in [3.63, 3.8) is 0 Å². The quantitative estimate of drug-likeness (QED) is 0.601. The van der Waals surface area contributed by atoms with Gasteiger partial charge in [0.25, 0.3) is 0 Å². The van der Waals surface area contributed by atoms with Gasteiger partial charge in [0.15, 0.2) is 12.4 Å².